The summed E-state index contributed by atoms with van der Waals surface area (Å²) in [5, 5.41) is 1.86. The molecule has 0 radical (unpaired) electrons. The van der Waals surface area contributed by atoms with Crippen molar-refractivity contribution in [2.45, 2.75) is 0 Å². The highest BCUT2D eigenvalue weighted by Crippen LogP contribution is 2.36. The SMILES string of the molecule is COc1c(Br)cc(/C=C2\SC(=O)NC2=O)cc1Br. The lowest BCUT2D eigenvalue weighted by atomic mass is 10.2. The first-order chi connectivity index (χ1) is 8.51. The van der Waals surface area contributed by atoms with Gasteiger partial charge in [-0.2, -0.15) is 0 Å². The zero-order chi connectivity index (χ0) is 13.3. The number of nitrogens with one attached hydrogen (secondary N) is 1. The highest BCUT2D eigenvalue weighted by atomic mass is 79.9. The van der Waals surface area contributed by atoms with E-state index in [0.717, 1.165) is 26.3 Å². The Morgan fingerprint density at radius 2 is 1.89 bits per heavy atom. The number of amides is 2. The van der Waals surface area contributed by atoms with E-state index in [1.807, 2.05) is 12.1 Å². The summed E-state index contributed by atoms with van der Waals surface area (Å²) in [6, 6.07) is 3.63. The van der Waals surface area contributed by atoms with Crippen LogP contribution in [0.15, 0.2) is 26.0 Å². The van der Waals surface area contributed by atoms with E-state index in [1.165, 1.54) is 0 Å². The molecular weight excluding hydrogens is 386 g/mol. The van der Waals surface area contributed by atoms with Gasteiger partial charge in [-0.25, -0.2) is 0 Å². The van der Waals surface area contributed by atoms with E-state index in [-0.39, 0.29) is 11.1 Å². The Morgan fingerprint density at radius 1 is 1.28 bits per heavy atom. The fourth-order valence-electron chi connectivity index (χ4n) is 1.43. The Hall–Kier alpha value is -0.790. The first-order valence-electron chi connectivity index (χ1n) is 4.79. The smallest absolute Gasteiger partial charge is 0.290 e. The van der Waals surface area contributed by atoms with Crippen LogP contribution in [0, 0.1) is 0 Å². The molecule has 1 aliphatic heterocycles. The Morgan fingerprint density at radius 3 is 2.33 bits per heavy atom. The van der Waals surface area contributed by atoms with Gasteiger partial charge in [0.25, 0.3) is 11.1 Å². The van der Waals surface area contributed by atoms with Gasteiger partial charge in [-0.05, 0) is 67.4 Å². The molecule has 0 aromatic heterocycles. The molecule has 18 heavy (non-hydrogen) atoms. The van der Waals surface area contributed by atoms with Crippen molar-refractivity contribution in [3.63, 3.8) is 0 Å². The lowest BCUT2D eigenvalue weighted by molar-refractivity contribution is -0.115. The van der Waals surface area contributed by atoms with Crippen molar-refractivity contribution < 1.29 is 14.3 Å². The second-order valence-electron chi connectivity index (χ2n) is 3.37. The van der Waals surface area contributed by atoms with Crippen molar-refractivity contribution >= 4 is 60.8 Å². The van der Waals surface area contributed by atoms with Crippen molar-refractivity contribution in [1.82, 2.24) is 5.32 Å². The van der Waals surface area contributed by atoms with Gasteiger partial charge < -0.3 is 4.74 Å². The minimum absolute atomic E-state index is 0.349. The van der Waals surface area contributed by atoms with Gasteiger partial charge in [0.1, 0.15) is 5.75 Å². The highest BCUT2D eigenvalue weighted by molar-refractivity contribution is 9.11. The second kappa shape index (κ2) is 5.46. The largest absolute Gasteiger partial charge is 0.494 e. The molecule has 2 rings (SSSR count). The topological polar surface area (TPSA) is 55.4 Å². The van der Waals surface area contributed by atoms with Gasteiger partial charge in [-0.1, -0.05) is 0 Å². The average molecular weight is 393 g/mol. The number of methoxy groups -OCH3 is 1. The van der Waals surface area contributed by atoms with Crippen molar-refractivity contribution in [3.8, 4) is 5.75 Å². The van der Waals surface area contributed by atoms with Crippen LogP contribution in [0.1, 0.15) is 5.56 Å². The Labute approximate surface area is 124 Å². The molecule has 1 fully saturated rings. The molecule has 1 aliphatic rings. The predicted molar refractivity (Wildman–Crippen MR) is 77.5 cm³/mol. The van der Waals surface area contributed by atoms with Crippen LogP contribution < -0.4 is 10.1 Å². The lowest BCUT2D eigenvalue weighted by Crippen LogP contribution is -2.17. The van der Waals surface area contributed by atoms with Crippen molar-refractivity contribution in [3.05, 3.63) is 31.5 Å². The summed E-state index contributed by atoms with van der Waals surface area (Å²) in [5.74, 6) is 0.310. The molecule has 1 N–H and O–H groups in total. The van der Waals surface area contributed by atoms with Gasteiger partial charge in [0, 0.05) is 0 Å². The van der Waals surface area contributed by atoms with Gasteiger partial charge in [0.2, 0.25) is 0 Å². The van der Waals surface area contributed by atoms with E-state index in [0.29, 0.717) is 10.7 Å². The fraction of sp³-hybridized carbons (Fsp3) is 0.0909. The minimum Gasteiger partial charge on any atom is -0.494 e. The molecule has 0 unspecified atom stereocenters. The van der Waals surface area contributed by atoms with Crippen LogP contribution in [0.4, 0.5) is 4.79 Å². The molecule has 1 heterocycles. The van der Waals surface area contributed by atoms with Crippen molar-refractivity contribution in [1.29, 1.82) is 0 Å². The van der Waals surface area contributed by atoms with Gasteiger partial charge in [-0.15, -0.1) is 0 Å². The maximum absolute atomic E-state index is 11.4. The number of thioether (sulfide) groups is 1. The molecule has 1 aromatic rings. The third-order valence-electron chi connectivity index (χ3n) is 2.16. The van der Waals surface area contributed by atoms with Crippen LogP contribution in [-0.4, -0.2) is 18.3 Å². The van der Waals surface area contributed by atoms with E-state index in [2.05, 4.69) is 37.2 Å². The molecule has 0 spiro atoms. The molecule has 1 aromatic carbocycles. The minimum atomic E-state index is -0.368. The number of rotatable bonds is 2. The van der Waals surface area contributed by atoms with Crippen LogP contribution in [0.5, 0.6) is 5.75 Å². The van der Waals surface area contributed by atoms with Gasteiger partial charge in [-0.3, -0.25) is 14.9 Å². The number of halogens is 2. The van der Waals surface area contributed by atoms with Crippen molar-refractivity contribution in [2.24, 2.45) is 0 Å². The first-order valence-corrected chi connectivity index (χ1v) is 7.19. The van der Waals surface area contributed by atoms with Crippen LogP contribution in [0.2, 0.25) is 0 Å². The summed E-state index contributed by atoms with van der Waals surface area (Å²) in [6.07, 6.45) is 1.65. The number of carbonyl (C=O) groups excluding carboxylic acids is 2. The fourth-order valence-corrected chi connectivity index (χ4v) is 3.66. The Balaban J connectivity index is 2.39. The summed E-state index contributed by atoms with van der Waals surface area (Å²) >= 11 is 7.64. The number of carbonyl (C=O) groups is 2. The van der Waals surface area contributed by atoms with Crippen molar-refractivity contribution in [2.75, 3.05) is 7.11 Å². The third-order valence-corrected chi connectivity index (χ3v) is 4.15. The molecule has 0 atom stereocenters. The first kappa shape index (κ1) is 13.6. The third kappa shape index (κ3) is 2.78. The van der Waals surface area contributed by atoms with E-state index in [1.54, 1.807) is 13.2 Å². The van der Waals surface area contributed by atoms with Crippen LogP contribution in [0.3, 0.4) is 0 Å². The summed E-state index contributed by atoms with van der Waals surface area (Å²) < 4.78 is 6.72. The van der Waals surface area contributed by atoms with Gasteiger partial charge in [0.05, 0.1) is 21.0 Å². The van der Waals surface area contributed by atoms with Crippen LogP contribution in [0.25, 0.3) is 6.08 Å². The molecular formula is C11H7Br2NO3S. The number of imide groups is 1. The van der Waals surface area contributed by atoms with Crippen LogP contribution >= 0.6 is 43.6 Å². The molecule has 7 heteroatoms. The summed E-state index contributed by atoms with van der Waals surface area (Å²) in [4.78, 5) is 22.8. The highest BCUT2D eigenvalue weighted by Gasteiger charge is 2.25. The maximum Gasteiger partial charge on any atom is 0.290 e. The predicted octanol–water partition coefficient (Wildman–Crippen LogP) is 3.54. The summed E-state index contributed by atoms with van der Waals surface area (Å²) in [7, 11) is 1.57. The molecule has 0 bridgehead atoms. The maximum atomic E-state index is 11.4. The molecule has 1 saturated heterocycles. The number of ether oxygens (including phenoxy) is 1. The number of hydrogen-bond acceptors (Lipinski definition) is 4. The number of benzene rings is 1. The molecule has 94 valence electrons. The Kier molecular flexibility index (Phi) is 4.14. The summed E-state index contributed by atoms with van der Waals surface area (Å²) in [6.45, 7) is 0. The standard InChI is InChI=1S/C11H7Br2NO3S/c1-17-9-6(12)2-5(3-7(9)13)4-8-10(15)14-11(16)18-8/h2-4H,1H3,(H,14,15,16)/b8-4-. The van der Waals surface area contributed by atoms with Gasteiger partial charge >= 0.3 is 0 Å². The zero-order valence-electron chi connectivity index (χ0n) is 9.12. The molecule has 0 saturated carbocycles. The summed E-state index contributed by atoms with van der Waals surface area (Å²) in [5.41, 5.74) is 0.793. The quantitative estimate of drug-likeness (QED) is 0.782. The van der Waals surface area contributed by atoms with E-state index < -0.39 is 0 Å². The number of hydrogen-bond donors (Lipinski definition) is 1. The van der Waals surface area contributed by atoms with E-state index in [4.69, 9.17) is 4.74 Å². The average Bonchev–Trinajstić information content (AvgIpc) is 2.57. The lowest BCUT2D eigenvalue weighted by Gasteiger charge is -2.07. The van der Waals surface area contributed by atoms with E-state index in [9.17, 15) is 9.59 Å². The molecule has 0 aliphatic carbocycles. The normalized spacial score (nSPS) is 17.2. The Bertz CT molecular complexity index is 548. The monoisotopic (exact) mass is 391 g/mol. The van der Waals surface area contributed by atoms with Gasteiger partial charge in [0.15, 0.2) is 0 Å². The molecule has 4 nitrogen and oxygen atoms in total. The van der Waals surface area contributed by atoms with Crippen LogP contribution in [-0.2, 0) is 4.79 Å². The molecule has 2 amide bonds. The zero-order valence-corrected chi connectivity index (χ0v) is 13.1. The second-order valence-corrected chi connectivity index (χ2v) is 6.09. The van der Waals surface area contributed by atoms with E-state index >= 15 is 0 Å².